The molecule has 0 spiro atoms. The van der Waals surface area contributed by atoms with Gasteiger partial charge in [0.05, 0.1) is 12.4 Å². The quantitative estimate of drug-likeness (QED) is 0.820. The second-order valence-corrected chi connectivity index (χ2v) is 9.47. The molecule has 3 rings (SSSR count). The van der Waals surface area contributed by atoms with Crippen LogP contribution in [0.25, 0.3) is 11.1 Å². The summed E-state index contributed by atoms with van der Waals surface area (Å²) in [5, 5.41) is -0.402. The lowest BCUT2D eigenvalue weighted by atomic mass is 9.93. The highest BCUT2D eigenvalue weighted by molar-refractivity contribution is 7.90. The summed E-state index contributed by atoms with van der Waals surface area (Å²) in [6.07, 6.45) is 2.97. The minimum absolute atomic E-state index is 0.00534. The molecule has 26 heavy (non-hydrogen) atoms. The van der Waals surface area contributed by atoms with E-state index in [0.29, 0.717) is 0 Å². The molecule has 0 heterocycles. The lowest BCUT2D eigenvalue weighted by Crippen LogP contribution is -2.40. The summed E-state index contributed by atoms with van der Waals surface area (Å²) in [7, 11) is -1.58. The van der Waals surface area contributed by atoms with Gasteiger partial charge in [0.15, 0.2) is 0 Å². The van der Waals surface area contributed by atoms with Crippen molar-refractivity contribution in [1.29, 1.82) is 0 Å². The van der Waals surface area contributed by atoms with Gasteiger partial charge in [-0.05, 0) is 55.5 Å². The Balaban J connectivity index is 1.76. The Hall–Kier alpha value is -1.85. The smallest absolute Gasteiger partial charge is 0.214 e. The molecule has 0 radical (unpaired) electrons. The van der Waals surface area contributed by atoms with Gasteiger partial charge in [-0.15, -0.1) is 0 Å². The number of benzene rings is 2. The Bertz CT molecular complexity index is 827. The molecule has 1 aliphatic rings. The number of sulfonamides is 1. The zero-order chi connectivity index (χ0) is 18.7. The summed E-state index contributed by atoms with van der Waals surface area (Å²) < 4.78 is 32.6. The predicted molar refractivity (Wildman–Crippen MR) is 106 cm³/mol. The van der Waals surface area contributed by atoms with E-state index in [1.54, 1.807) is 21.0 Å². The van der Waals surface area contributed by atoms with E-state index in [9.17, 15) is 8.42 Å². The standard InChI is InChI=1S/C21H27NO3S/c1-15(2)26(23,24)22-21-6-4-5-20(21)18-9-7-16(8-10-18)17-11-13-19(25-3)14-12-17/h7-15,20-22H,4-6H2,1-3H3/t20-,21-/m1/s1. The highest BCUT2D eigenvalue weighted by Crippen LogP contribution is 2.36. The summed E-state index contributed by atoms with van der Waals surface area (Å²) >= 11 is 0. The molecule has 2 aromatic carbocycles. The predicted octanol–water partition coefficient (Wildman–Crippen LogP) is 4.33. The fraction of sp³-hybridized carbons (Fsp3) is 0.429. The van der Waals surface area contributed by atoms with Crippen LogP contribution in [0.4, 0.5) is 0 Å². The van der Waals surface area contributed by atoms with Crippen molar-refractivity contribution in [2.45, 2.75) is 50.3 Å². The van der Waals surface area contributed by atoms with Crippen LogP contribution in [0.15, 0.2) is 48.5 Å². The molecule has 140 valence electrons. The van der Waals surface area contributed by atoms with Gasteiger partial charge in [-0.2, -0.15) is 0 Å². The minimum atomic E-state index is -3.24. The molecule has 1 saturated carbocycles. The Kier molecular flexibility index (Phi) is 5.68. The van der Waals surface area contributed by atoms with Gasteiger partial charge in [-0.1, -0.05) is 42.8 Å². The van der Waals surface area contributed by atoms with Gasteiger partial charge < -0.3 is 4.74 Å². The number of hydrogen-bond acceptors (Lipinski definition) is 3. The molecule has 1 fully saturated rings. The van der Waals surface area contributed by atoms with E-state index >= 15 is 0 Å². The normalized spacial score (nSPS) is 20.5. The number of hydrogen-bond donors (Lipinski definition) is 1. The third-order valence-corrected chi connectivity index (χ3v) is 7.09. The first-order valence-electron chi connectivity index (χ1n) is 9.16. The summed E-state index contributed by atoms with van der Waals surface area (Å²) in [4.78, 5) is 0. The molecular formula is C21H27NO3S. The summed E-state index contributed by atoms with van der Waals surface area (Å²) in [5.74, 6) is 1.09. The van der Waals surface area contributed by atoms with Crippen LogP contribution in [0, 0.1) is 0 Å². The van der Waals surface area contributed by atoms with Crippen LogP contribution in [0.1, 0.15) is 44.6 Å². The van der Waals surface area contributed by atoms with Crippen molar-refractivity contribution in [3.05, 3.63) is 54.1 Å². The van der Waals surface area contributed by atoms with E-state index in [0.717, 1.165) is 36.1 Å². The van der Waals surface area contributed by atoms with Crippen LogP contribution < -0.4 is 9.46 Å². The molecule has 0 saturated heterocycles. The monoisotopic (exact) mass is 373 g/mol. The fourth-order valence-corrected chi connectivity index (χ4v) is 4.53. The molecule has 2 atom stereocenters. The van der Waals surface area contributed by atoms with E-state index in [4.69, 9.17) is 4.74 Å². The minimum Gasteiger partial charge on any atom is -0.497 e. The van der Waals surface area contributed by atoms with Gasteiger partial charge in [0, 0.05) is 12.0 Å². The van der Waals surface area contributed by atoms with Crippen molar-refractivity contribution in [3.8, 4) is 16.9 Å². The molecule has 0 unspecified atom stereocenters. The average Bonchev–Trinajstić information content (AvgIpc) is 3.09. The molecular weight excluding hydrogens is 346 g/mol. The van der Waals surface area contributed by atoms with E-state index in [-0.39, 0.29) is 12.0 Å². The fourth-order valence-electron chi connectivity index (χ4n) is 3.55. The van der Waals surface area contributed by atoms with Gasteiger partial charge in [-0.3, -0.25) is 0 Å². The number of ether oxygens (including phenoxy) is 1. The first kappa shape index (κ1) is 18.9. The average molecular weight is 374 g/mol. The number of nitrogens with one attached hydrogen (secondary N) is 1. The number of methoxy groups -OCH3 is 1. The molecule has 2 aromatic rings. The Morgan fingerprint density at radius 2 is 1.54 bits per heavy atom. The maximum atomic E-state index is 12.2. The summed E-state index contributed by atoms with van der Waals surface area (Å²) in [6, 6.07) is 16.5. The Morgan fingerprint density at radius 1 is 0.962 bits per heavy atom. The van der Waals surface area contributed by atoms with E-state index in [1.807, 2.05) is 24.3 Å². The molecule has 5 heteroatoms. The topological polar surface area (TPSA) is 55.4 Å². The van der Waals surface area contributed by atoms with Gasteiger partial charge in [-0.25, -0.2) is 13.1 Å². The van der Waals surface area contributed by atoms with Crippen molar-refractivity contribution in [3.63, 3.8) is 0 Å². The van der Waals surface area contributed by atoms with Crippen LogP contribution in [0.3, 0.4) is 0 Å². The van der Waals surface area contributed by atoms with Crippen molar-refractivity contribution in [2.24, 2.45) is 0 Å². The molecule has 4 nitrogen and oxygen atoms in total. The van der Waals surface area contributed by atoms with Gasteiger partial charge in [0.2, 0.25) is 10.0 Å². The summed E-state index contributed by atoms with van der Waals surface area (Å²) in [5.41, 5.74) is 3.49. The van der Waals surface area contributed by atoms with Crippen LogP contribution in [0.2, 0.25) is 0 Å². The largest absolute Gasteiger partial charge is 0.497 e. The second kappa shape index (κ2) is 7.80. The van der Waals surface area contributed by atoms with Crippen LogP contribution in [-0.2, 0) is 10.0 Å². The molecule has 0 aromatic heterocycles. The van der Waals surface area contributed by atoms with Crippen LogP contribution >= 0.6 is 0 Å². The van der Waals surface area contributed by atoms with Crippen molar-refractivity contribution in [1.82, 2.24) is 4.72 Å². The number of rotatable bonds is 6. The zero-order valence-corrected chi connectivity index (χ0v) is 16.4. The van der Waals surface area contributed by atoms with Gasteiger partial charge >= 0.3 is 0 Å². The van der Waals surface area contributed by atoms with Crippen LogP contribution in [-0.4, -0.2) is 26.8 Å². The molecule has 0 aliphatic heterocycles. The highest BCUT2D eigenvalue weighted by atomic mass is 32.2. The lowest BCUT2D eigenvalue weighted by Gasteiger charge is -2.23. The van der Waals surface area contributed by atoms with Gasteiger partial charge in [0.25, 0.3) is 0 Å². The third-order valence-electron chi connectivity index (χ3n) is 5.21. The van der Waals surface area contributed by atoms with Crippen LogP contribution in [0.5, 0.6) is 5.75 Å². The first-order valence-corrected chi connectivity index (χ1v) is 10.7. The van der Waals surface area contributed by atoms with Crippen molar-refractivity contribution >= 4 is 10.0 Å². The highest BCUT2D eigenvalue weighted by Gasteiger charge is 2.32. The van der Waals surface area contributed by atoms with Crippen molar-refractivity contribution in [2.75, 3.05) is 7.11 Å². The maximum Gasteiger partial charge on any atom is 0.214 e. The third kappa shape index (κ3) is 4.10. The molecule has 1 aliphatic carbocycles. The van der Waals surface area contributed by atoms with Gasteiger partial charge in [0.1, 0.15) is 5.75 Å². The molecule has 1 N–H and O–H groups in total. The summed E-state index contributed by atoms with van der Waals surface area (Å²) in [6.45, 7) is 3.44. The Labute approximate surface area is 156 Å². The lowest BCUT2D eigenvalue weighted by molar-refractivity contribution is 0.415. The molecule has 0 amide bonds. The first-order chi connectivity index (χ1) is 12.4. The van der Waals surface area contributed by atoms with E-state index in [2.05, 4.69) is 29.0 Å². The maximum absolute atomic E-state index is 12.2. The Morgan fingerprint density at radius 3 is 2.08 bits per heavy atom. The zero-order valence-electron chi connectivity index (χ0n) is 15.6. The van der Waals surface area contributed by atoms with Crippen molar-refractivity contribution < 1.29 is 13.2 Å². The van der Waals surface area contributed by atoms with E-state index < -0.39 is 15.3 Å². The molecule has 0 bridgehead atoms. The second-order valence-electron chi connectivity index (χ2n) is 7.21. The van der Waals surface area contributed by atoms with E-state index in [1.165, 1.54) is 5.56 Å². The SMILES string of the molecule is COc1ccc(-c2ccc([C@H]3CCC[C@H]3NS(=O)(=O)C(C)C)cc2)cc1.